The summed E-state index contributed by atoms with van der Waals surface area (Å²) >= 11 is 0. The highest BCUT2D eigenvalue weighted by Gasteiger charge is 2.61. The highest BCUT2D eigenvalue weighted by atomic mass is 19.2. The lowest BCUT2D eigenvalue weighted by molar-refractivity contribution is -0.147. The Morgan fingerprint density at radius 3 is 2.30 bits per heavy atom. The molecule has 1 aromatic rings. The predicted octanol–water partition coefficient (Wildman–Crippen LogP) is 4.61. The molecule has 1 aliphatic carbocycles. The van der Waals surface area contributed by atoms with E-state index in [1.165, 1.54) is 13.8 Å². The molecule has 1 aliphatic rings. The number of esters is 1. The van der Waals surface area contributed by atoms with Crippen molar-refractivity contribution in [2.24, 2.45) is 17.3 Å². The van der Waals surface area contributed by atoms with Crippen molar-refractivity contribution < 1.29 is 22.7 Å². The zero-order valence-corrected chi connectivity index (χ0v) is 14.0. The third-order valence-corrected chi connectivity index (χ3v) is 4.82. The zero-order valence-electron chi connectivity index (χ0n) is 14.0. The maximum atomic E-state index is 14.0. The number of hydrogen-bond acceptors (Lipinski definition) is 2. The summed E-state index contributed by atoms with van der Waals surface area (Å²) in [5.41, 5.74) is -0.873. The topological polar surface area (TPSA) is 26.3 Å². The van der Waals surface area contributed by atoms with Crippen LogP contribution in [0.5, 0.6) is 0 Å². The van der Waals surface area contributed by atoms with Crippen molar-refractivity contribution in [3.05, 3.63) is 46.3 Å². The van der Waals surface area contributed by atoms with Gasteiger partial charge in [0.05, 0.1) is 5.92 Å². The Hall–Kier alpha value is -1.78. The SMILES string of the molecule is CC=CC1[C@@H](C(=O)OCc2c(C)c(F)c(C)c(F)c2F)C1(C)C. The third-order valence-electron chi connectivity index (χ3n) is 4.82. The molecule has 0 bridgehead atoms. The molecule has 2 rings (SSSR count). The monoisotopic (exact) mass is 326 g/mol. The molecule has 1 fully saturated rings. The number of hydrogen-bond donors (Lipinski definition) is 0. The first kappa shape index (κ1) is 17.6. The highest BCUT2D eigenvalue weighted by Crippen LogP contribution is 2.59. The first-order chi connectivity index (χ1) is 10.6. The minimum absolute atomic E-state index is 0.0331. The van der Waals surface area contributed by atoms with Crippen molar-refractivity contribution in [2.45, 2.75) is 41.2 Å². The minimum Gasteiger partial charge on any atom is -0.460 e. The molecular formula is C18H21F3O2. The van der Waals surface area contributed by atoms with Crippen molar-refractivity contribution in [2.75, 3.05) is 0 Å². The van der Waals surface area contributed by atoms with E-state index in [-0.39, 0.29) is 33.9 Å². The molecule has 0 aliphatic heterocycles. The summed E-state index contributed by atoms with van der Waals surface area (Å²) in [7, 11) is 0. The van der Waals surface area contributed by atoms with Gasteiger partial charge in [-0.25, -0.2) is 13.2 Å². The maximum absolute atomic E-state index is 14.0. The van der Waals surface area contributed by atoms with Crippen LogP contribution in [0.15, 0.2) is 12.2 Å². The number of rotatable bonds is 4. The second kappa shape index (κ2) is 6.02. The second-order valence-corrected chi connectivity index (χ2v) is 6.63. The smallest absolute Gasteiger partial charge is 0.310 e. The molecule has 2 nitrogen and oxygen atoms in total. The predicted molar refractivity (Wildman–Crippen MR) is 81.2 cm³/mol. The molecule has 1 aromatic carbocycles. The molecule has 5 heteroatoms. The van der Waals surface area contributed by atoms with E-state index in [9.17, 15) is 18.0 Å². The fourth-order valence-electron chi connectivity index (χ4n) is 3.07. The summed E-state index contributed by atoms with van der Waals surface area (Å²) in [6, 6.07) is 0. The molecule has 23 heavy (non-hydrogen) atoms. The van der Waals surface area contributed by atoms with Gasteiger partial charge in [0.1, 0.15) is 12.4 Å². The van der Waals surface area contributed by atoms with Gasteiger partial charge in [0.25, 0.3) is 0 Å². The van der Waals surface area contributed by atoms with E-state index in [2.05, 4.69) is 0 Å². The van der Waals surface area contributed by atoms with Gasteiger partial charge < -0.3 is 4.74 Å². The van der Waals surface area contributed by atoms with Gasteiger partial charge in [-0.05, 0) is 37.7 Å². The van der Waals surface area contributed by atoms with E-state index in [1.54, 1.807) is 0 Å². The number of carbonyl (C=O) groups excluding carboxylic acids is 1. The summed E-state index contributed by atoms with van der Waals surface area (Å²) in [6.07, 6.45) is 3.80. The Bertz CT molecular complexity index is 648. The van der Waals surface area contributed by atoms with E-state index in [4.69, 9.17) is 4.74 Å². The number of ether oxygens (including phenoxy) is 1. The summed E-state index contributed by atoms with van der Waals surface area (Å²) in [6.45, 7) is 7.80. The first-order valence-corrected chi connectivity index (χ1v) is 7.56. The fourth-order valence-corrected chi connectivity index (χ4v) is 3.07. The molecule has 0 N–H and O–H groups in total. The van der Waals surface area contributed by atoms with Crippen LogP contribution >= 0.6 is 0 Å². The molecule has 1 saturated carbocycles. The van der Waals surface area contributed by atoms with Gasteiger partial charge in [-0.15, -0.1) is 0 Å². The lowest BCUT2D eigenvalue weighted by Gasteiger charge is -2.13. The van der Waals surface area contributed by atoms with E-state index in [1.807, 2.05) is 32.9 Å². The molecule has 0 saturated heterocycles. The molecule has 2 atom stereocenters. The van der Waals surface area contributed by atoms with E-state index < -0.39 is 30.0 Å². The summed E-state index contributed by atoms with van der Waals surface area (Å²) < 4.78 is 46.6. The van der Waals surface area contributed by atoms with E-state index in [0.29, 0.717) is 0 Å². The lowest BCUT2D eigenvalue weighted by atomic mass is 10.0. The van der Waals surface area contributed by atoms with E-state index in [0.717, 1.165) is 0 Å². The van der Waals surface area contributed by atoms with Crippen LogP contribution in [0.3, 0.4) is 0 Å². The average Bonchev–Trinajstić information content (AvgIpc) is 3.04. The largest absolute Gasteiger partial charge is 0.460 e. The van der Waals surface area contributed by atoms with Crippen LogP contribution in [0, 0.1) is 48.5 Å². The maximum Gasteiger partial charge on any atom is 0.310 e. The Labute approximate surface area is 134 Å². The molecule has 0 heterocycles. The van der Waals surface area contributed by atoms with Gasteiger partial charge in [0, 0.05) is 11.1 Å². The summed E-state index contributed by atoms with van der Waals surface area (Å²) in [5.74, 6) is -3.93. The van der Waals surface area contributed by atoms with Gasteiger partial charge in [-0.1, -0.05) is 26.0 Å². The first-order valence-electron chi connectivity index (χ1n) is 7.56. The van der Waals surface area contributed by atoms with Crippen LogP contribution in [0.2, 0.25) is 0 Å². The molecule has 0 aromatic heterocycles. The molecule has 0 amide bonds. The Morgan fingerprint density at radius 1 is 1.13 bits per heavy atom. The molecule has 0 radical (unpaired) electrons. The standard InChI is InChI=1S/C18H21F3O2/c1-6-7-12-13(18(12,4)5)17(22)23-8-11-9(2)14(19)10(3)15(20)16(11)21/h6-7,12-13H,8H2,1-5H3/t12?,13-/m0/s1. The highest BCUT2D eigenvalue weighted by molar-refractivity contribution is 5.78. The van der Waals surface area contributed by atoms with Gasteiger partial charge in [0.2, 0.25) is 0 Å². The zero-order chi connectivity index (χ0) is 17.5. The number of benzene rings is 1. The van der Waals surface area contributed by atoms with Crippen LogP contribution in [-0.2, 0) is 16.1 Å². The van der Waals surface area contributed by atoms with Crippen molar-refractivity contribution in [1.29, 1.82) is 0 Å². The van der Waals surface area contributed by atoms with Crippen LogP contribution in [-0.4, -0.2) is 5.97 Å². The molecule has 0 spiro atoms. The van der Waals surface area contributed by atoms with Crippen molar-refractivity contribution in [3.63, 3.8) is 0 Å². The van der Waals surface area contributed by atoms with Crippen molar-refractivity contribution >= 4 is 5.97 Å². The van der Waals surface area contributed by atoms with Crippen LogP contribution in [0.25, 0.3) is 0 Å². The van der Waals surface area contributed by atoms with Crippen LogP contribution in [0.4, 0.5) is 13.2 Å². The van der Waals surface area contributed by atoms with Gasteiger partial charge >= 0.3 is 5.97 Å². The van der Waals surface area contributed by atoms with Crippen molar-refractivity contribution in [3.8, 4) is 0 Å². The minimum atomic E-state index is -1.24. The molecule has 126 valence electrons. The molecular weight excluding hydrogens is 305 g/mol. The summed E-state index contributed by atoms with van der Waals surface area (Å²) in [5, 5.41) is 0. The Balaban J connectivity index is 2.15. The van der Waals surface area contributed by atoms with Gasteiger partial charge in [-0.2, -0.15) is 0 Å². The molecule has 1 unspecified atom stereocenters. The van der Waals surface area contributed by atoms with E-state index >= 15 is 0 Å². The summed E-state index contributed by atoms with van der Waals surface area (Å²) in [4.78, 5) is 12.2. The number of allylic oxidation sites excluding steroid dienone is 2. The van der Waals surface area contributed by atoms with Gasteiger partial charge in [-0.3, -0.25) is 4.79 Å². The average molecular weight is 326 g/mol. The van der Waals surface area contributed by atoms with Crippen LogP contribution in [0.1, 0.15) is 37.5 Å². The quantitative estimate of drug-likeness (QED) is 0.459. The lowest BCUT2D eigenvalue weighted by Crippen LogP contribution is -2.13. The Morgan fingerprint density at radius 2 is 1.74 bits per heavy atom. The van der Waals surface area contributed by atoms with Crippen molar-refractivity contribution in [1.82, 2.24) is 0 Å². The third kappa shape index (κ3) is 2.89. The normalized spacial score (nSPS) is 22.4. The fraction of sp³-hybridized carbons (Fsp3) is 0.500. The van der Waals surface area contributed by atoms with Crippen LogP contribution < -0.4 is 0 Å². The number of halogens is 3. The Kier molecular flexibility index (Phi) is 4.60. The van der Waals surface area contributed by atoms with Gasteiger partial charge in [0.15, 0.2) is 11.6 Å². The second-order valence-electron chi connectivity index (χ2n) is 6.63. The number of carbonyl (C=O) groups is 1.